The van der Waals surface area contributed by atoms with Crippen molar-refractivity contribution >= 4 is 11.9 Å². The number of hydrogen-bond acceptors (Lipinski definition) is 4. The molecule has 0 fully saturated rings. The molecule has 98 valence electrons. The third-order valence-electron chi connectivity index (χ3n) is 2.74. The first kappa shape index (κ1) is 14.2. The molecule has 0 spiro atoms. The Morgan fingerprint density at radius 1 is 1.33 bits per heavy atom. The van der Waals surface area contributed by atoms with E-state index >= 15 is 0 Å². The third kappa shape index (κ3) is 3.30. The number of amides is 1. The van der Waals surface area contributed by atoms with E-state index in [-0.39, 0.29) is 0 Å². The van der Waals surface area contributed by atoms with E-state index in [0.717, 1.165) is 11.1 Å². The fourth-order valence-corrected chi connectivity index (χ4v) is 1.45. The Kier molecular flexibility index (Phi) is 4.85. The molecule has 0 aliphatic rings. The maximum Gasteiger partial charge on any atom is 0.330 e. The first-order valence-electron chi connectivity index (χ1n) is 5.56. The fraction of sp³-hybridized carbons (Fsp3) is 0.385. The van der Waals surface area contributed by atoms with Crippen LogP contribution in [-0.4, -0.2) is 36.7 Å². The number of nitrogens with one attached hydrogen (secondary N) is 1. The third-order valence-corrected chi connectivity index (χ3v) is 2.74. The van der Waals surface area contributed by atoms with Crippen LogP contribution in [0.2, 0.25) is 0 Å². The Hall–Kier alpha value is -1.88. The van der Waals surface area contributed by atoms with Gasteiger partial charge in [0.25, 0.3) is 5.91 Å². The Labute approximate surface area is 106 Å². The van der Waals surface area contributed by atoms with Crippen LogP contribution >= 0.6 is 0 Å². The van der Waals surface area contributed by atoms with E-state index in [4.69, 9.17) is 5.11 Å². The molecule has 2 N–H and O–H groups in total. The quantitative estimate of drug-likeness (QED) is 0.767. The smallest absolute Gasteiger partial charge is 0.330 e. The van der Waals surface area contributed by atoms with E-state index < -0.39 is 24.5 Å². The van der Waals surface area contributed by atoms with E-state index in [1.54, 1.807) is 12.1 Å². The number of benzene rings is 1. The van der Waals surface area contributed by atoms with Crippen molar-refractivity contribution in [3.05, 3.63) is 34.9 Å². The van der Waals surface area contributed by atoms with Gasteiger partial charge in [0, 0.05) is 5.56 Å². The Morgan fingerprint density at radius 2 is 2.00 bits per heavy atom. The minimum absolute atomic E-state index is 0.414. The normalized spacial score (nSPS) is 11.8. The number of carbonyl (C=O) groups excluding carboxylic acids is 2. The summed E-state index contributed by atoms with van der Waals surface area (Å²) in [6.07, 6.45) is 0. The van der Waals surface area contributed by atoms with Crippen LogP contribution in [-0.2, 0) is 9.53 Å². The Bertz CT molecular complexity index is 456. The van der Waals surface area contributed by atoms with E-state index in [1.165, 1.54) is 7.11 Å². The summed E-state index contributed by atoms with van der Waals surface area (Å²) in [6.45, 7) is 3.35. The van der Waals surface area contributed by atoms with Crippen molar-refractivity contribution in [3.63, 3.8) is 0 Å². The van der Waals surface area contributed by atoms with Gasteiger partial charge in [-0.25, -0.2) is 4.79 Å². The summed E-state index contributed by atoms with van der Waals surface area (Å²) in [4.78, 5) is 23.1. The molecule has 0 saturated heterocycles. The standard InChI is InChI=1S/C13H17NO4/c1-8-4-5-10(6-9(8)2)12(16)14-11(7-15)13(17)18-3/h4-6,11,15H,7H2,1-3H3,(H,14,16)/t11-/m1/s1. The molecule has 0 aromatic heterocycles. The van der Waals surface area contributed by atoms with Gasteiger partial charge in [0.2, 0.25) is 0 Å². The summed E-state index contributed by atoms with van der Waals surface area (Å²) in [5.41, 5.74) is 2.51. The van der Waals surface area contributed by atoms with Crippen molar-refractivity contribution < 1.29 is 19.4 Å². The van der Waals surface area contributed by atoms with Crippen molar-refractivity contribution in [1.82, 2.24) is 5.32 Å². The van der Waals surface area contributed by atoms with E-state index in [1.807, 2.05) is 19.9 Å². The summed E-state index contributed by atoms with van der Waals surface area (Å²) >= 11 is 0. The lowest BCUT2D eigenvalue weighted by molar-refractivity contribution is -0.143. The van der Waals surface area contributed by atoms with Gasteiger partial charge in [0.15, 0.2) is 6.04 Å². The molecule has 1 aromatic rings. The minimum atomic E-state index is -1.04. The number of esters is 1. The largest absolute Gasteiger partial charge is 0.467 e. The molecule has 18 heavy (non-hydrogen) atoms. The molecule has 5 nitrogen and oxygen atoms in total. The highest BCUT2D eigenvalue weighted by molar-refractivity contribution is 5.97. The van der Waals surface area contributed by atoms with Crippen LogP contribution in [0.15, 0.2) is 18.2 Å². The van der Waals surface area contributed by atoms with Gasteiger partial charge in [-0.15, -0.1) is 0 Å². The highest BCUT2D eigenvalue weighted by atomic mass is 16.5. The average Bonchev–Trinajstić information content (AvgIpc) is 2.37. The van der Waals surface area contributed by atoms with E-state index in [9.17, 15) is 9.59 Å². The van der Waals surface area contributed by atoms with Crippen LogP contribution < -0.4 is 5.32 Å². The number of ether oxygens (including phenoxy) is 1. The van der Waals surface area contributed by atoms with E-state index in [2.05, 4.69) is 10.1 Å². The second-order valence-electron chi connectivity index (χ2n) is 4.03. The number of rotatable bonds is 4. The molecule has 0 saturated carbocycles. The number of carbonyl (C=O) groups is 2. The molecular weight excluding hydrogens is 234 g/mol. The number of hydrogen-bond donors (Lipinski definition) is 2. The second kappa shape index (κ2) is 6.16. The topological polar surface area (TPSA) is 75.6 Å². The molecule has 0 heterocycles. The van der Waals surface area contributed by atoms with Gasteiger partial charge in [-0.1, -0.05) is 6.07 Å². The van der Waals surface area contributed by atoms with Crippen LogP contribution in [0.5, 0.6) is 0 Å². The SMILES string of the molecule is COC(=O)[C@@H](CO)NC(=O)c1ccc(C)c(C)c1. The summed E-state index contributed by atoms with van der Waals surface area (Å²) in [5.74, 6) is -1.09. The Balaban J connectivity index is 2.81. The lowest BCUT2D eigenvalue weighted by Gasteiger charge is -2.14. The molecule has 0 radical (unpaired) electrons. The summed E-state index contributed by atoms with van der Waals surface area (Å²) < 4.78 is 4.47. The van der Waals surface area contributed by atoms with Crippen molar-refractivity contribution in [3.8, 4) is 0 Å². The lowest BCUT2D eigenvalue weighted by Crippen LogP contribution is -2.44. The molecule has 1 aromatic carbocycles. The predicted molar refractivity (Wildman–Crippen MR) is 66.3 cm³/mol. The van der Waals surface area contributed by atoms with Gasteiger partial charge in [-0.05, 0) is 37.1 Å². The maximum atomic E-state index is 11.9. The average molecular weight is 251 g/mol. The predicted octanol–water partition coefficient (Wildman–Crippen LogP) is 0.567. The van der Waals surface area contributed by atoms with Gasteiger partial charge in [-0.3, -0.25) is 4.79 Å². The van der Waals surface area contributed by atoms with Crippen LogP contribution in [0.25, 0.3) is 0 Å². The lowest BCUT2D eigenvalue weighted by atomic mass is 10.1. The van der Waals surface area contributed by atoms with Crippen LogP contribution in [0.1, 0.15) is 21.5 Å². The molecule has 0 aliphatic carbocycles. The fourth-order valence-electron chi connectivity index (χ4n) is 1.45. The summed E-state index contributed by atoms with van der Waals surface area (Å²) in [5, 5.41) is 11.4. The minimum Gasteiger partial charge on any atom is -0.467 e. The zero-order valence-electron chi connectivity index (χ0n) is 10.7. The van der Waals surface area contributed by atoms with Gasteiger partial charge in [0.05, 0.1) is 13.7 Å². The molecule has 0 unspecified atom stereocenters. The van der Waals surface area contributed by atoms with Gasteiger partial charge in [0.1, 0.15) is 0 Å². The van der Waals surface area contributed by atoms with Crippen molar-refractivity contribution in [2.75, 3.05) is 13.7 Å². The van der Waals surface area contributed by atoms with Crippen molar-refractivity contribution in [2.45, 2.75) is 19.9 Å². The van der Waals surface area contributed by atoms with Crippen LogP contribution in [0.4, 0.5) is 0 Å². The first-order chi connectivity index (χ1) is 8.49. The Morgan fingerprint density at radius 3 is 2.50 bits per heavy atom. The van der Waals surface area contributed by atoms with Crippen LogP contribution in [0, 0.1) is 13.8 Å². The second-order valence-corrected chi connectivity index (χ2v) is 4.03. The number of aliphatic hydroxyl groups excluding tert-OH is 1. The zero-order valence-corrected chi connectivity index (χ0v) is 10.7. The zero-order chi connectivity index (χ0) is 13.7. The highest BCUT2D eigenvalue weighted by Gasteiger charge is 2.21. The first-order valence-corrected chi connectivity index (χ1v) is 5.56. The molecule has 0 bridgehead atoms. The van der Waals surface area contributed by atoms with Crippen molar-refractivity contribution in [2.24, 2.45) is 0 Å². The van der Waals surface area contributed by atoms with Gasteiger partial charge < -0.3 is 15.2 Å². The van der Waals surface area contributed by atoms with Gasteiger partial charge >= 0.3 is 5.97 Å². The van der Waals surface area contributed by atoms with E-state index in [0.29, 0.717) is 5.56 Å². The highest BCUT2D eigenvalue weighted by Crippen LogP contribution is 2.09. The summed E-state index contributed by atoms with van der Waals surface area (Å²) in [6, 6.07) is 4.19. The number of methoxy groups -OCH3 is 1. The van der Waals surface area contributed by atoms with Crippen LogP contribution in [0.3, 0.4) is 0 Å². The molecule has 0 aliphatic heterocycles. The number of aryl methyl sites for hydroxylation is 2. The molecule has 1 amide bonds. The monoisotopic (exact) mass is 251 g/mol. The molecular formula is C13H17NO4. The molecule has 1 rings (SSSR count). The van der Waals surface area contributed by atoms with Gasteiger partial charge in [-0.2, -0.15) is 0 Å². The molecule has 1 atom stereocenters. The number of aliphatic hydroxyl groups is 1. The summed E-state index contributed by atoms with van der Waals surface area (Å²) in [7, 11) is 1.20. The van der Waals surface area contributed by atoms with Crippen molar-refractivity contribution in [1.29, 1.82) is 0 Å². The maximum absolute atomic E-state index is 11.9. The molecule has 5 heteroatoms.